The van der Waals surface area contributed by atoms with Crippen LogP contribution in [0.1, 0.15) is 0 Å². The van der Waals surface area contributed by atoms with Crippen molar-refractivity contribution in [3.8, 4) is 22.6 Å². The summed E-state index contributed by atoms with van der Waals surface area (Å²) in [7, 11) is 0. The van der Waals surface area contributed by atoms with Gasteiger partial charge in [-0.1, -0.05) is 115 Å². The lowest BCUT2D eigenvalue weighted by Crippen LogP contribution is -2.11. The maximum Gasteiger partial charge on any atom is 0.227 e. The molecule has 0 bridgehead atoms. The van der Waals surface area contributed by atoms with Crippen LogP contribution in [0.2, 0.25) is 0 Å². The van der Waals surface area contributed by atoms with E-state index in [9.17, 15) is 0 Å². The minimum Gasteiger partial charge on any atom is -0.436 e. The Labute approximate surface area is 286 Å². The van der Waals surface area contributed by atoms with Gasteiger partial charge in [0.15, 0.2) is 5.58 Å². The van der Waals surface area contributed by atoms with E-state index in [2.05, 4.69) is 144 Å². The lowest BCUT2D eigenvalue weighted by molar-refractivity contribution is 0.620. The number of thiophene rings is 1. The average molecular weight is 645 g/mol. The van der Waals surface area contributed by atoms with Gasteiger partial charge < -0.3 is 9.32 Å². The van der Waals surface area contributed by atoms with Crippen LogP contribution in [-0.4, -0.2) is 4.98 Å². The molecule has 0 spiro atoms. The lowest BCUT2D eigenvalue weighted by atomic mass is 9.97. The molecule has 4 heteroatoms. The first kappa shape index (κ1) is 27.8. The molecule has 2 aromatic heterocycles. The van der Waals surface area contributed by atoms with Crippen LogP contribution in [0.4, 0.5) is 17.1 Å². The third-order valence-electron chi connectivity index (χ3n) is 9.45. The first-order chi connectivity index (χ1) is 24.3. The summed E-state index contributed by atoms with van der Waals surface area (Å²) in [5.74, 6) is 0.617. The van der Waals surface area contributed by atoms with Crippen LogP contribution in [-0.2, 0) is 0 Å². The van der Waals surface area contributed by atoms with Crippen molar-refractivity contribution in [2.24, 2.45) is 0 Å². The topological polar surface area (TPSA) is 29.3 Å². The van der Waals surface area contributed by atoms with Crippen LogP contribution in [0, 0.1) is 0 Å². The Kier molecular flexibility index (Phi) is 6.36. The molecule has 0 aliphatic heterocycles. The molecule has 8 aromatic carbocycles. The van der Waals surface area contributed by atoms with Crippen molar-refractivity contribution >= 4 is 81.2 Å². The van der Waals surface area contributed by atoms with E-state index in [4.69, 9.17) is 9.40 Å². The van der Waals surface area contributed by atoms with Crippen LogP contribution >= 0.6 is 11.3 Å². The Morgan fingerprint density at radius 3 is 2.02 bits per heavy atom. The molecule has 2 heterocycles. The number of aromatic nitrogens is 1. The lowest BCUT2D eigenvalue weighted by Gasteiger charge is -2.28. The van der Waals surface area contributed by atoms with Crippen molar-refractivity contribution in [3.05, 3.63) is 170 Å². The molecule has 0 atom stereocenters. The number of oxazole rings is 1. The fourth-order valence-electron chi connectivity index (χ4n) is 7.18. The Bertz CT molecular complexity index is 2840. The van der Waals surface area contributed by atoms with Gasteiger partial charge in [0.1, 0.15) is 5.52 Å². The van der Waals surface area contributed by atoms with E-state index in [0.717, 1.165) is 50.1 Å². The number of hydrogen-bond acceptors (Lipinski definition) is 4. The molecule has 10 aromatic rings. The monoisotopic (exact) mass is 644 g/mol. The second kappa shape index (κ2) is 11.2. The van der Waals surface area contributed by atoms with Gasteiger partial charge in [-0.15, -0.1) is 11.3 Å². The van der Waals surface area contributed by atoms with E-state index in [1.54, 1.807) is 0 Å². The number of hydrogen-bond donors (Lipinski definition) is 0. The highest BCUT2D eigenvalue weighted by atomic mass is 32.1. The van der Waals surface area contributed by atoms with E-state index in [0.29, 0.717) is 5.89 Å². The SMILES string of the molecule is c1ccc(-c2cccc(N(c3ccc4sc5ccccc5c4c3)c3cc4oc(-c5ccccc5)nc4c4ccc5ccccc5c34)c2)cc1. The zero-order valence-electron chi connectivity index (χ0n) is 26.4. The first-order valence-corrected chi connectivity index (χ1v) is 17.3. The minimum absolute atomic E-state index is 0.617. The minimum atomic E-state index is 0.617. The van der Waals surface area contributed by atoms with Crippen molar-refractivity contribution in [3.63, 3.8) is 0 Å². The van der Waals surface area contributed by atoms with Crippen LogP contribution < -0.4 is 4.90 Å². The van der Waals surface area contributed by atoms with E-state index in [1.807, 2.05) is 41.7 Å². The molecular weight excluding hydrogens is 617 g/mol. The Hall–Kier alpha value is -6.23. The summed E-state index contributed by atoms with van der Waals surface area (Å²) < 4.78 is 9.18. The second-order valence-electron chi connectivity index (χ2n) is 12.4. The fourth-order valence-corrected chi connectivity index (χ4v) is 8.27. The molecule has 0 unspecified atom stereocenters. The molecule has 0 N–H and O–H groups in total. The summed E-state index contributed by atoms with van der Waals surface area (Å²) in [6, 6.07) is 60.4. The summed E-state index contributed by atoms with van der Waals surface area (Å²) in [5.41, 5.74) is 8.09. The Morgan fingerprint density at radius 1 is 0.469 bits per heavy atom. The van der Waals surface area contributed by atoms with E-state index in [-0.39, 0.29) is 0 Å². The fraction of sp³-hybridized carbons (Fsp3) is 0. The summed E-state index contributed by atoms with van der Waals surface area (Å²) in [6.45, 7) is 0. The van der Waals surface area contributed by atoms with Gasteiger partial charge in [-0.25, -0.2) is 4.98 Å². The Morgan fingerprint density at radius 2 is 1.16 bits per heavy atom. The molecule has 0 aliphatic rings. The predicted octanol–water partition coefficient (Wildman–Crippen LogP) is 13.3. The molecule has 0 saturated carbocycles. The smallest absolute Gasteiger partial charge is 0.227 e. The van der Waals surface area contributed by atoms with Gasteiger partial charge in [-0.3, -0.25) is 0 Å². The van der Waals surface area contributed by atoms with E-state index < -0.39 is 0 Å². The molecule has 0 radical (unpaired) electrons. The van der Waals surface area contributed by atoms with Crippen molar-refractivity contribution < 1.29 is 4.42 Å². The molecule has 0 aliphatic carbocycles. The first-order valence-electron chi connectivity index (χ1n) is 16.5. The molecule has 3 nitrogen and oxygen atoms in total. The van der Waals surface area contributed by atoms with Gasteiger partial charge in [0.25, 0.3) is 0 Å². The van der Waals surface area contributed by atoms with Gasteiger partial charge in [0, 0.05) is 53.9 Å². The molecule has 49 heavy (non-hydrogen) atoms. The second-order valence-corrected chi connectivity index (χ2v) is 13.5. The van der Waals surface area contributed by atoms with Crippen molar-refractivity contribution in [1.29, 1.82) is 0 Å². The summed E-state index contributed by atoms with van der Waals surface area (Å²) in [6.07, 6.45) is 0. The third kappa shape index (κ3) is 4.61. The largest absolute Gasteiger partial charge is 0.436 e. The summed E-state index contributed by atoms with van der Waals surface area (Å²) in [5, 5.41) is 7.08. The molecular formula is C45H28N2OS. The number of anilines is 3. The molecule has 0 amide bonds. The van der Waals surface area contributed by atoms with E-state index in [1.165, 1.54) is 36.5 Å². The summed E-state index contributed by atoms with van der Waals surface area (Å²) >= 11 is 1.84. The average Bonchev–Trinajstić information content (AvgIpc) is 3.77. The van der Waals surface area contributed by atoms with Gasteiger partial charge in [-0.2, -0.15) is 0 Å². The van der Waals surface area contributed by atoms with Gasteiger partial charge >= 0.3 is 0 Å². The van der Waals surface area contributed by atoms with Crippen LogP contribution in [0.5, 0.6) is 0 Å². The maximum absolute atomic E-state index is 6.61. The standard InChI is InChI=1S/C45H28N2OS/c1-3-12-29(13-4-1)32-17-11-18-33(26-32)47(34-23-25-42-38(27-34)36-20-9-10-21-41(36)49-42)39-28-40-44(46-45(48-40)31-15-5-2-6-16-31)37-24-22-30-14-7-8-19-35(30)43(37)39/h1-28H. The number of benzene rings is 8. The van der Waals surface area contributed by atoms with Gasteiger partial charge in [-0.05, 0) is 70.4 Å². The van der Waals surface area contributed by atoms with Gasteiger partial charge in [0.2, 0.25) is 5.89 Å². The predicted molar refractivity (Wildman–Crippen MR) is 207 cm³/mol. The van der Waals surface area contributed by atoms with Crippen LogP contribution in [0.3, 0.4) is 0 Å². The zero-order valence-corrected chi connectivity index (χ0v) is 27.2. The number of nitrogens with zero attached hydrogens (tertiary/aromatic N) is 2. The van der Waals surface area contributed by atoms with E-state index >= 15 is 0 Å². The Balaban J connectivity index is 1.31. The molecule has 10 rings (SSSR count). The maximum atomic E-state index is 6.61. The van der Waals surface area contributed by atoms with Crippen LogP contribution in [0.25, 0.3) is 75.4 Å². The van der Waals surface area contributed by atoms with Gasteiger partial charge in [0.05, 0.1) is 5.69 Å². The molecule has 230 valence electrons. The quantitative estimate of drug-likeness (QED) is 0.175. The third-order valence-corrected chi connectivity index (χ3v) is 10.6. The number of rotatable bonds is 5. The highest BCUT2D eigenvalue weighted by Gasteiger charge is 2.23. The molecule has 0 fully saturated rings. The summed E-state index contributed by atoms with van der Waals surface area (Å²) in [4.78, 5) is 7.50. The van der Waals surface area contributed by atoms with Crippen molar-refractivity contribution in [1.82, 2.24) is 4.98 Å². The van der Waals surface area contributed by atoms with Crippen molar-refractivity contribution in [2.45, 2.75) is 0 Å². The zero-order chi connectivity index (χ0) is 32.3. The number of fused-ring (bicyclic) bond motifs is 8. The molecule has 0 saturated heterocycles. The van der Waals surface area contributed by atoms with Crippen LogP contribution in [0.15, 0.2) is 174 Å². The highest BCUT2D eigenvalue weighted by molar-refractivity contribution is 7.25. The van der Waals surface area contributed by atoms with Crippen molar-refractivity contribution in [2.75, 3.05) is 4.90 Å². The normalized spacial score (nSPS) is 11.7. The highest BCUT2D eigenvalue weighted by Crippen LogP contribution is 2.47.